The monoisotopic (exact) mass is 301 g/mol. The van der Waals surface area contributed by atoms with E-state index >= 15 is 0 Å². The minimum absolute atomic E-state index is 0.00148. The number of aliphatic carboxylic acids is 1. The lowest BCUT2D eigenvalue weighted by Gasteiger charge is -2.05. The summed E-state index contributed by atoms with van der Waals surface area (Å²) in [5.41, 5.74) is 1.86. The van der Waals surface area contributed by atoms with Gasteiger partial charge in [0.05, 0.1) is 18.1 Å². The number of thioether (sulfide) groups is 1. The van der Waals surface area contributed by atoms with E-state index in [1.807, 2.05) is 18.2 Å². The predicted molar refractivity (Wildman–Crippen MR) is 78.5 cm³/mol. The van der Waals surface area contributed by atoms with Crippen LogP contribution in [0, 0.1) is 17.1 Å². The molecule has 1 N–H and O–H groups in total. The van der Waals surface area contributed by atoms with Crippen molar-refractivity contribution < 1.29 is 14.3 Å². The largest absolute Gasteiger partial charge is 0.481 e. The van der Waals surface area contributed by atoms with Gasteiger partial charge in [-0.25, -0.2) is 4.39 Å². The number of halogens is 1. The molecule has 0 bridgehead atoms. The van der Waals surface area contributed by atoms with Gasteiger partial charge in [0, 0.05) is 10.6 Å². The molecule has 0 aliphatic rings. The van der Waals surface area contributed by atoms with E-state index in [9.17, 15) is 9.18 Å². The second kappa shape index (κ2) is 6.91. The van der Waals surface area contributed by atoms with E-state index in [4.69, 9.17) is 10.4 Å². The van der Waals surface area contributed by atoms with E-state index in [-0.39, 0.29) is 6.42 Å². The van der Waals surface area contributed by atoms with Crippen LogP contribution < -0.4 is 0 Å². The third kappa shape index (κ3) is 4.33. The SMILES string of the molecule is N#Cc1cc(F)ccc1CSc1ccc(CC(=O)O)cc1. The quantitative estimate of drug-likeness (QED) is 0.857. The molecule has 0 fully saturated rings. The van der Waals surface area contributed by atoms with Gasteiger partial charge in [-0.1, -0.05) is 18.2 Å². The molecule has 21 heavy (non-hydrogen) atoms. The van der Waals surface area contributed by atoms with Crippen molar-refractivity contribution in [3.8, 4) is 6.07 Å². The Morgan fingerprint density at radius 2 is 1.95 bits per heavy atom. The maximum absolute atomic E-state index is 13.0. The first-order valence-corrected chi connectivity index (χ1v) is 7.19. The summed E-state index contributed by atoms with van der Waals surface area (Å²) in [6.45, 7) is 0. The highest BCUT2D eigenvalue weighted by atomic mass is 32.2. The van der Waals surface area contributed by atoms with Crippen LogP contribution in [0.1, 0.15) is 16.7 Å². The fraction of sp³-hybridized carbons (Fsp3) is 0.125. The zero-order chi connectivity index (χ0) is 15.2. The van der Waals surface area contributed by atoms with Crippen molar-refractivity contribution in [2.45, 2.75) is 17.1 Å². The van der Waals surface area contributed by atoms with Crippen molar-refractivity contribution in [1.29, 1.82) is 5.26 Å². The lowest BCUT2D eigenvalue weighted by molar-refractivity contribution is -0.136. The zero-order valence-electron chi connectivity index (χ0n) is 11.0. The van der Waals surface area contributed by atoms with Crippen LogP contribution in [0.15, 0.2) is 47.4 Å². The first-order valence-electron chi connectivity index (χ1n) is 6.20. The molecule has 0 unspecified atom stereocenters. The average molecular weight is 301 g/mol. The zero-order valence-corrected chi connectivity index (χ0v) is 11.9. The molecule has 0 saturated heterocycles. The highest BCUT2D eigenvalue weighted by molar-refractivity contribution is 7.98. The molecule has 0 saturated carbocycles. The molecular formula is C16H12FNO2S. The number of rotatable bonds is 5. The minimum Gasteiger partial charge on any atom is -0.481 e. The molecule has 106 valence electrons. The van der Waals surface area contributed by atoms with Gasteiger partial charge >= 0.3 is 5.97 Å². The Balaban J connectivity index is 2.03. The molecule has 0 amide bonds. The Morgan fingerprint density at radius 1 is 1.24 bits per heavy atom. The van der Waals surface area contributed by atoms with Gasteiger partial charge in [-0.3, -0.25) is 4.79 Å². The maximum Gasteiger partial charge on any atom is 0.307 e. The smallest absolute Gasteiger partial charge is 0.307 e. The van der Waals surface area contributed by atoms with Crippen molar-refractivity contribution in [1.82, 2.24) is 0 Å². The van der Waals surface area contributed by atoms with Gasteiger partial charge in [0.25, 0.3) is 0 Å². The summed E-state index contributed by atoms with van der Waals surface area (Å²) in [5.74, 6) is -0.722. The summed E-state index contributed by atoms with van der Waals surface area (Å²) in [6, 6.07) is 13.4. The first-order chi connectivity index (χ1) is 10.1. The van der Waals surface area contributed by atoms with E-state index in [1.54, 1.807) is 18.2 Å². The van der Waals surface area contributed by atoms with Crippen molar-refractivity contribution in [2.75, 3.05) is 0 Å². The number of carboxylic acids is 1. The second-order valence-electron chi connectivity index (χ2n) is 4.42. The molecule has 0 spiro atoms. The van der Waals surface area contributed by atoms with Crippen LogP contribution in [0.3, 0.4) is 0 Å². The van der Waals surface area contributed by atoms with Gasteiger partial charge < -0.3 is 5.11 Å². The summed E-state index contributed by atoms with van der Waals surface area (Å²) < 4.78 is 13.0. The van der Waals surface area contributed by atoms with Crippen molar-refractivity contribution >= 4 is 17.7 Å². The van der Waals surface area contributed by atoms with Crippen LogP contribution in [0.2, 0.25) is 0 Å². The molecule has 0 aromatic heterocycles. The third-order valence-corrected chi connectivity index (χ3v) is 3.93. The lowest BCUT2D eigenvalue weighted by Crippen LogP contribution is -1.99. The van der Waals surface area contributed by atoms with Gasteiger partial charge in [-0.05, 0) is 35.4 Å². The molecule has 0 radical (unpaired) electrons. The molecule has 3 nitrogen and oxygen atoms in total. The molecule has 2 aromatic carbocycles. The Bertz CT molecular complexity index is 692. The summed E-state index contributed by atoms with van der Waals surface area (Å²) in [7, 11) is 0. The van der Waals surface area contributed by atoms with E-state index in [2.05, 4.69) is 0 Å². The van der Waals surface area contributed by atoms with E-state index in [0.29, 0.717) is 11.3 Å². The fourth-order valence-electron chi connectivity index (χ4n) is 1.82. The highest BCUT2D eigenvalue weighted by Gasteiger charge is 2.05. The van der Waals surface area contributed by atoms with Crippen LogP contribution in [0.5, 0.6) is 0 Å². The number of benzene rings is 2. The third-order valence-electron chi connectivity index (χ3n) is 2.87. The van der Waals surface area contributed by atoms with Crippen LogP contribution in [0.4, 0.5) is 4.39 Å². The molecule has 0 aliphatic carbocycles. The Morgan fingerprint density at radius 3 is 2.57 bits per heavy atom. The summed E-state index contributed by atoms with van der Waals surface area (Å²) in [5, 5.41) is 17.7. The number of hydrogen-bond acceptors (Lipinski definition) is 3. The topological polar surface area (TPSA) is 61.1 Å². The molecule has 0 atom stereocenters. The number of hydrogen-bond donors (Lipinski definition) is 1. The summed E-state index contributed by atoms with van der Waals surface area (Å²) in [6.07, 6.45) is 0.00148. The van der Waals surface area contributed by atoms with Gasteiger partial charge in [-0.2, -0.15) is 5.26 Å². The second-order valence-corrected chi connectivity index (χ2v) is 5.47. The maximum atomic E-state index is 13.0. The first kappa shape index (κ1) is 15.1. The van der Waals surface area contributed by atoms with Crippen LogP contribution in [-0.2, 0) is 17.0 Å². The lowest BCUT2D eigenvalue weighted by atomic mass is 10.1. The number of carbonyl (C=O) groups is 1. The van der Waals surface area contributed by atoms with Gasteiger partial charge in [-0.15, -0.1) is 11.8 Å². The van der Waals surface area contributed by atoms with E-state index in [1.165, 1.54) is 23.9 Å². The Hall–Kier alpha value is -2.32. The molecule has 0 heterocycles. The highest BCUT2D eigenvalue weighted by Crippen LogP contribution is 2.25. The number of nitrogens with zero attached hydrogens (tertiary/aromatic N) is 1. The van der Waals surface area contributed by atoms with Crippen LogP contribution in [0.25, 0.3) is 0 Å². The number of carboxylic acid groups (broad SMARTS) is 1. The standard InChI is InChI=1S/C16H12FNO2S/c17-14-4-3-12(13(8-14)9-18)10-21-15-5-1-11(2-6-15)7-16(19)20/h1-6,8H,7,10H2,(H,19,20). The molecule has 2 rings (SSSR count). The minimum atomic E-state index is -0.861. The van der Waals surface area contributed by atoms with Crippen LogP contribution >= 0.6 is 11.8 Å². The van der Waals surface area contributed by atoms with Crippen LogP contribution in [-0.4, -0.2) is 11.1 Å². The fourth-order valence-corrected chi connectivity index (χ4v) is 2.72. The Kier molecular flexibility index (Phi) is 4.96. The normalized spacial score (nSPS) is 10.1. The molecule has 5 heteroatoms. The number of nitriles is 1. The summed E-state index contributed by atoms with van der Waals surface area (Å²) >= 11 is 1.52. The van der Waals surface area contributed by atoms with Gasteiger partial charge in [0.1, 0.15) is 5.82 Å². The molecule has 0 aliphatic heterocycles. The van der Waals surface area contributed by atoms with Gasteiger partial charge in [0.15, 0.2) is 0 Å². The van der Waals surface area contributed by atoms with E-state index < -0.39 is 11.8 Å². The van der Waals surface area contributed by atoms with Crippen molar-refractivity contribution in [3.63, 3.8) is 0 Å². The Labute approximate surface area is 126 Å². The van der Waals surface area contributed by atoms with Crippen molar-refractivity contribution in [2.24, 2.45) is 0 Å². The van der Waals surface area contributed by atoms with Crippen molar-refractivity contribution in [3.05, 3.63) is 65.0 Å². The van der Waals surface area contributed by atoms with Gasteiger partial charge in [0.2, 0.25) is 0 Å². The average Bonchev–Trinajstić information content (AvgIpc) is 2.46. The molecule has 2 aromatic rings. The molecular weight excluding hydrogens is 289 g/mol. The predicted octanol–water partition coefficient (Wildman–Crippen LogP) is 3.62. The van der Waals surface area contributed by atoms with E-state index in [0.717, 1.165) is 16.0 Å². The summed E-state index contributed by atoms with van der Waals surface area (Å²) in [4.78, 5) is 11.6.